The van der Waals surface area contributed by atoms with Crippen molar-refractivity contribution in [3.05, 3.63) is 76.6 Å². The van der Waals surface area contributed by atoms with Gasteiger partial charge in [-0.05, 0) is 55.1 Å². The van der Waals surface area contributed by atoms with Crippen molar-refractivity contribution in [1.82, 2.24) is 20.4 Å². The number of fused-ring (bicyclic) bond motifs is 1. The number of H-pyrrole nitrogens is 1. The van der Waals surface area contributed by atoms with Crippen molar-refractivity contribution >= 4 is 0 Å². The summed E-state index contributed by atoms with van der Waals surface area (Å²) in [4.78, 5) is 2.09. The molecule has 0 fully saturated rings. The molecule has 3 aromatic rings. The first-order valence-electron chi connectivity index (χ1n) is 11.6. The van der Waals surface area contributed by atoms with Gasteiger partial charge in [-0.3, -0.25) is 10.00 Å². The zero-order valence-corrected chi connectivity index (χ0v) is 19.5. The van der Waals surface area contributed by atoms with Crippen molar-refractivity contribution in [3.8, 4) is 11.5 Å². The molecular weight excluding hydrogens is 416 g/mol. The van der Waals surface area contributed by atoms with Crippen molar-refractivity contribution in [2.75, 3.05) is 27.3 Å². The Labute approximate surface area is 195 Å². The van der Waals surface area contributed by atoms with Crippen LogP contribution in [0, 0.1) is 0 Å². The van der Waals surface area contributed by atoms with Crippen LogP contribution in [0.5, 0.6) is 11.5 Å². The molecule has 3 N–H and O–H groups in total. The predicted molar refractivity (Wildman–Crippen MR) is 128 cm³/mol. The molecule has 1 aromatic heterocycles. The van der Waals surface area contributed by atoms with Gasteiger partial charge in [0.15, 0.2) is 11.5 Å². The molecule has 2 aromatic carbocycles. The van der Waals surface area contributed by atoms with E-state index in [9.17, 15) is 5.11 Å². The van der Waals surface area contributed by atoms with Crippen LogP contribution in [0.2, 0.25) is 0 Å². The average Bonchev–Trinajstić information content (AvgIpc) is 3.43. The summed E-state index contributed by atoms with van der Waals surface area (Å²) < 4.78 is 11.4. The molecule has 33 heavy (non-hydrogen) atoms. The van der Waals surface area contributed by atoms with Crippen LogP contribution in [0.3, 0.4) is 0 Å². The smallest absolute Gasteiger partial charge is 0.161 e. The second kappa shape index (κ2) is 11.3. The van der Waals surface area contributed by atoms with Gasteiger partial charge in [0.1, 0.15) is 12.7 Å². The van der Waals surface area contributed by atoms with Gasteiger partial charge in [0.05, 0.1) is 12.8 Å². The van der Waals surface area contributed by atoms with Crippen molar-refractivity contribution in [3.63, 3.8) is 0 Å². The normalized spacial score (nSPS) is 13.8. The molecule has 7 nitrogen and oxygen atoms in total. The van der Waals surface area contributed by atoms with Crippen molar-refractivity contribution in [2.45, 2.75) is 45.0 Å². The summed E-state index contributed by atoms with van der Waals surface area (Å²) in [5.41, 5.74) is 6.10. The quantitative estimate of drug-likeness (QED) is 0.393. The Morgan fingerprint density at radius 2 is 1.94 bits per heavy atom. The van der Waals surface area contributed by atoms with E-state index in [1.807, 2.05) is 43.4 Å². The number of nitrogens with one attached hydrogen (secondary N) is 2. The van der Waals surface area contributed by atoms with Crippen molar-refractivity contribution in [2.24, 2.45) is 0 Å². The molecule has 176 valence electrons. The molecule has 0 radical (unpaired) electrons. The summed E-state index contributed by atoms with van der Waals surface area (Å²) in [7, 11) is 3.63. The third kappa shape index (κ3) is 6.35. The number of likely N-dealkylation sites (N-methyl/N-ethyl adjacent to an activating group) is 1. The van der Waals surface area contributed by atoms with Gasteiger partial charge in [0.2, 0.25) is 0 Å². The highest BCUT2D eigenvalue weighted by atomic mass is 16.5. The Balaban J connectivity index is 1.27. The number of rotatable bonds is 12. The van der Waals surface area contributed by atoms with Gasteiger partial charge in [-0.25, -0.2) is 0 Å². The van der Waals surface area contributed by atoms with Crippen LogP contribution in [-0.4, -0.2) is 53.6 Å². The lowest BCUT2D eigenvalue weighted by molar-refractivity contribution is 0.0732. The number of hydrogen-bond acceptors (Lipinski definition) is 6. The van der Waals surface area contributed by atoms with E-state index < -0.39 is 6.10 Å². The molecule has 0 saturated carbocycles. The van der Waals surface area contributed by atoms with Gasteiger partial charge < -0.3 is 19.9 Å². The molecule has 1 aliphatic carbocycles. The fraction of sp³-hybridized carbons (Fsp3) is 0.423. The molecule has 0 unspecified atom stereocenters. The van der Waals surface area contributed by atoms with E-state index in [1.54, 1.807) is 7.11 Å². The second-order valence-electron chi connectivity index (χ2n) is 8.72. The van der Waals surface area contributed by atoms with E-state index in [0.29, 0.717) is 24.6 Å². The van der Waals surface area contributed by atoms with Gasteiger partial charge in [0.25, 0.3) is 0 Å². The lowest BCUT2D eigenvalue weighted by atomic mass is 10.1. The Kier molecular flexibility index (Phi) is 7.99. The largest absolute Gasteiger partial charge is 0.493 e. The lowest BCUT2D eigenvalue weighted by Gasteiger charge is -2.21. The summed E-state index contributed by atoms with van der Waals surface area (Å²) in [5.74, 6) is 1.30. The second-order valence-corrected chi connectivity index (χ2v) is 8.72. The van der Waals surface area contributed by atoms with Crippen LogP contribution < -0.4 is 14.8 Å². The van der Waals surface area contributed by atoms with E-state index in [-0.39, 0.29) is 6.61 Å². The molecule has 7 heteroatoms. The van der Waals surface area contributed by atoms with Crippen LogP contribution in [0.15, 0.2) is 48.5 Å². The molecule has 0 spiro atoms. The van der Waals surface area contributed by atoms with Crippen LogP contribution in [0.4, 0.5) is 0 Å². The number of aliphatic hydroxyl groups is 1. The fourth-order valence-corrected chi connectivity index (χ4v) is 4.36. The van der Waals surface area contributed by atoms with Crippen molar-refractivity contribution in [1.29, 1.82) is 0 Å². The number of ether oxygens (including phenoxy) is 2. The Hall–Kier alpha value is -2.87. The zero-order chi connectivity index (χ0) is 23.0. The molecule has 0 bridgehead atoms. The number of aryl methyl sites for hydroxylation is 1. The zero-order valence-electron chi connectivity index (χ0n) is 19.5. The minimum Gasteiger partial charge on any atom is -0.493 e. The summed E-state index contributed by atoms with van der Waals surface area (Å²) >= 11 is 0. The lowest BCUT2D eigenvalue weighted by Crippen LogP contribution is -2.32. The third-order valence-corrected chi connectivity index (χ3v) is 5.99. The molecule has 0 saturated heterocycles. The number of hydrogen-bond donors (Lipinski definition) is 3. The SMILES string of the molecule is COc1ccc(CNCc2n[nH]c3c2CCC3)cc1OC[C@H](O)CN(C)Cc1ccccc1. The van der Waals surface area contributed by atoms with Crippen LogP contribution in [0.1, 0.15) is 34.5 Å². The molecule has 1 heterocycles. The van der Waals surface area contributed by atoms with E-state index in [2.05, 4.69) is 32.5 Å². The summed E-state index contributed by atoms with van der Waals surface area (Å²) in [5, 5.41) is 21.6. The number of aromatic nitrogens is 2. The van der Waals surface area contributed by atoms with Gasteiger partial charge in [-0.2, -0.15) is 5.10 Å². The number of benzene rings is 2. The van der Waals surface area contributed by atoms with Crippen LogP contribution in [-0.2, 0) is 32.5 Å². The van der Waals surface area contributed by atoms with Gasteiger partial charge >= 0.3 is 0 Å². The van der Waals surface area contributed by atoms with Crippen LogP contribution >= 0.6 is 0 Å². The van der Waals surface area contributed by atoms with Crippen LogP contribution in [0.25, 0.3) is 0 Å². The fourth-order valence-electron chi connectivity index (χ4n) is 4.36. The number of nitrogens with zero attached hydrogens (tertiary/aromatic N) is 2. The Morgan fingerprint density at radius 3 is 2.76 bits per heavy atom. The molecule has 4 rings (SSSR count). The Bertz CT molecular complexity index is 1020. The van der Waals surface area contributed by atoms with E-state index in [0.717, 1.165) is 37.2 Å². The monoisotopic (exact) mass is 450 g/mol. The number of aromatic amines is 1. The summed E-state index contributed by atoms with van der Waals surface area (Å²) in [6.07, 6.45) is 2.83. The van der Waals surface area contributed by atoms with Gasteiger partial charge in [-0.15, -0.1) is 0 Å². The maximum atomic E-state index is 10.5. The number of aliphatic hydroxyl groups excluding tert-OH is 1. The predicted octanol–water partition coefficient (Wildman–Crippen LogP) is 3.07. The summed E-state index contributed by atoms with van der Waals surface area (Å²) in [6.45, 7) is 2.94. The minimum absolute atomic E-state index is 0.200. The summed E-state index contributed by atoms with van der Waals surface area (Å²) in [6, 6.07) is 16.1. The highest BCUT2D eigenvalue weighted by Gasteiger charge is 2.18. The van der Waals surface area contributed by atoms with Gasteiger partial charge in [-0.1, -0.05) is 36.4 Å². The maximum Gasteiger partial charge on any atom is 0.161 e. The average molecular weight is 451 g/mol. The third-order valence-electron chi connectivity index (χ3n) is 5.99. The molecule has 1 atom stereocenters. The first-order valence-corrected chi connectivity index (χ1v) is 11.6. The minimum atomic E-state index is -0.605. The van der Waals surface area contributed by atoms with Crippen molar-refractivity contribution < 1.29 is 14.6 Å². The topological polar surface area (TPSA) is 82.6 Å². The van der Waals surface area contributed by atoms with E-state index in [4.69, 9.17) is 9.47 Å². The molecule has 1 aliphatic rings. The van der Waals surface area contributed by atoms with E-state index >= 15 is 0 Å². The standard InChI is InChI=1S/C26H34N4O3/c1-30(16-19-7-4-3-5-8-19)17-21(31)18-33-26-13-20(11-12-25(26)32-2)14-27-15-24-22-9-6-10-23(22)28-29-24/h3-5,7-8,11-13,21,27,31H,6,9-10,14-18H2,1-2H3,(H,28,29)/t21-/m1/s1. The Morgan fingerprint density at radius 1 is 1.09 bits per heavy atom. The van der Waals surface area contributed by atoms with E-state index in [1.165, 1.54) is 23.2 Å². The first kappa shape index (κ1) is 23.3. The molecular formula is C26H34N4O3. The molecule has 0 aliphatic heterocycles. The highest BCUT2D eigenvalue weighted by molar-refractivity contribution is 5.43. The highest BCUT2D eigenvalue weighted by Crippen LogP contribution is 2.28. The van der Waals surface area contributed by atoms with Gasteiger partial charge in [0, 0.05) is 31.9 Å². The maximum absolute atomic E-state index is 10.5. The first-order chi connectivity index (χ1) is 16.1. The number of methoxy groups -OCH3 is 1. The molecule has 0 amide bonds.